The summed E-state index contributed by atoms with van der Waals surface area (Å²) in [7, 11) is 0. The van der Waals surface area contributed by atoms with Crippen molar-refractivity contribution in [3.63, 3.8) is 0 Å². The molecule has 0 aliphatic carbocycles. The summed E-state index contributed by atoms with van der Waals surface area (Å²) in [6, 6.07) is 7.94. The Morgan fingerprint density at radius 1 is 0.947 bits per heavy atom. The number of hydrogen-bond acceptors (Lipinski definition) is 5. The van der Waals surface area contributed by atoms with Gasteiger partial charge in [0.05, 0.1) is 11.3 Å². The predicted octanol–water partition coefficient (Wildman–Crippen LogP) is 2.81. The Morgan fingerprint density at radius 3 is 2.42 bits per heavy atom. The molecule has 2 heterocycles. The highest BCUT2D eigenvalue weighted by Gasteiger charge is 2.12. The average molecular weight is 252 g/mol. The largest absolute Gasteiger partial charge is 0.416 e. The van der Waals surface area contributed by atoms with E-state index < -0.39 is 0 Å². The summed E-state index contributed by atoms with van der Waals surface area (Å²) >= 11 is 0. The second-order valence-corrected chi connectivity index (χ2v) is 4.30. The Hall–Kier alpha value is -2.56. The lowest BCUT2D eigenvalue weighted by Gasteiger charge is -1.97. The van der Waals surface area contributed by atoms with Crippen LogP contribution in [0.15, 0.2) is 41.2 Å². The fourth-order valence-corrected chi connectivity index (χ4v) is 1.75. The first kappa shape index (κ1) is 11.5. The van der Waals surface area contributed by atoms with Crippen molar-refractivity contribution < 1.29 is 4.42 Å². The monoisotopic (exact) mass is 252 g/mol. The molecule has 5 heteroatoms. The van der Waals surface area contributed by atoms with Gasteiger partial charge in [0.25, 0.3) is 5.89 Å². The van der Waals surface area contributed by atoms with Crippen LogP contribution < -0.4 is 0 Å². The third-order valence-electron chi connectivity index (χ3n) is 2.87. The molecule has 19 heavy (non-hydrogen) atoms. The van der Waals surface area contributed by atoms with Crippen LogP contribution in [0.2, 0.25) is 0 Å². The van der Waals surface area contributed by atoms with E-state index >= 15 is 0 Å². The molecule has 0 radical (unpaired) electrons. The van der Waals surface area contributed by atoms with Crippen LogP contribution >= 0.6 is 0 Å². The lowest BCUT2D eigenvalue weighted by molar-refractivity contribution is 0.583. The predicted molar refractivity (Wildman–Crippen MR) is 70.2 cm³/mol. The summed E-state index contributed by atoms with van der Waals surface area (Å²) in [6.45, 7) is 3.92. The molecule has 0 spiro atoms. The molecule has 94 valence electrons. The maximum absolute atomic E-state index is 5.67. The van der Waals surface area contributed by atoms with Gasteiger partial charge in [0, 0.05) is 11.8 Å². The second-order valence-electron chi connectivity index (χ2n) is 4.30. The van der Waals surface area contributed by atoms with E-state index in [-0.39, 0.29) is 0 Å². The normalized spacial score (nSPS) is 10.6. The van der Waals surface area contributed by atoms with Crippen molar-refractivity contribution >= 4 is 0 Å². The fraction of sp³-hybridized carbons (Fsp3) is 0.143. The minimum absolute atomic E-state index is 0.439. The molecular weight excluding hydrogens is 240 g/mol. The molecule has 0 atom stereocenters. The topological polar surface area (TPSA) is 64.7 Å². The molecule has 3 aromatic rings. The molecule has 2 aromatic heterocycles. The molecular formula is C14H12N4O. The molecule has 0 aliphatic rings. The van der Waals surface area contributed by atoms with E-state index in [2.05, 4.69) is 20.2 Å². The van der Waals surface area contributed by atoms with E-state index in [1.165, 1.54) is 11.9 Å². The Morgan fingerprint density at radius 2 is 1.68 bits per heavy atom. The Bertz CT molecular complexity index is 703. The smallest absolute Gasteiger partial charge is 0.251 e. The van der Waals surface area contributed by atoms with Crippen molar-refractivity contribution in [3.05, 3.63) is 48.0 Å². The van der Waals surface area contributed by atoms with Gasteiger partial charge in [0.1, 0.15) is 6.33 Å². The molecule has 0 saturated carbocycles. The van der Waals surface area contributed by atoms with Crippen molar-refractivity contribution in [2.24, 2.45) is 0 Å². The first-order chi connectivity index (χ1) is 9.24. The van der Waals surface area contributed by atoms with Crippen LogP contribution in [0.5, 0.6) is 0 Å². The molecule has 3 rings (SSSR count). The van der Waals surface area contributed by atoms with Crippen molar-refractivity contribution in [2.75, 3.05) is 0 Å². The maximum Gasteiger partial charge on any atom is 0.251 e. The van der Waals surface area contributed by atoms with Crippen LogP contribution in [-0.2, 0) is 0 Å². The van der Waals surface area contributed by atoms with Crippen molar-refractivity contribution in [2.45, 2.75) is 13.8 Å². The lowest BCUT2D eigenvalue weighted by atomic mass is 10.1. The van der Waals surface area contributed by atoms with Crippen LogP contribution in [0.1, 0.15) is 11.3 Å². The van der Waals surface area contributed by atoms with Gasteiger partial charge in [-0.3, -0.25) is 0 Å². The van der Waals surface area contributed by atoms with Crippen LogP contribution in [0.4, 0.5) is 0 Å². The van der Waals surface area contributed by atoms with Crippen molar-refractivity contribution in [3.8, 4) is 22.9 Å². The van der Waals surface area contributed by atoms with Gasteiger partial charge in [-0.1, -0.05) is 17.7 Å². The van der Waals surface area contributed by atoms with E-state index in [1.807, 2.05) is 38.1 Å². The zero-order chi connectivity index (χ0) is 13.2. The van der Waals surface area contributed by atoms with Crippen LogP contribution in [0.3, 0.4) is 0 Å². The third kappa shape index (κ3) is 2.22. The van der Waals surface area contributed by atoms with Gasteiger partial charge in [-0.25, -0.2) is 9.97 Å². The van der Waals surface area contributed by atoms with E-state index in [0.29, 0.717) is 11.8 Å². The van der Waals surface area contributed by atoms with Crippen molar-refractivity contribution in [1.29, 1.82) is 0 Å². The molecule has 1 aromatic carbocycles. The van der Waals surface area contributed by atoms with Gasteiger partial charge in [-0.2, -0.15) is 0 Å². The van der Waals surface area contributed by atoms with Gasteiger partial charge in [-0.15, -0.1) is 10.2 Å². The lowest BCUT2D eigenvalue weighted by Crippen LogP contribution is -1.88. The number of aryl methyl sites for hydroxylation is 2. The summed E-state index contributed by atoms with van der Waals surface area (Å²) in [6.07, 6.45) is 3.17. The maximum atomic E-state index is 5.67. The second kappa shape index (κ2) is 4.61. The number of nitrogens with zero attached hydrogens (tertiary/aromatic N) is 4. The number of aromatic nitrogens is 4. The van der Waals surface area contributed by atoms with Gasteiger partial charge in [-0.05, 0) is 26.0 Å². The standard InChI is InChI=1S/C14H12N4O/c1-9-3-5-11(6-4-9)13-17-18-14(19-13)12-7-15-8-16-10(12)2/h3-8H,1-2H3. The Kier molecular flexibility index (Phi) is 2.79. The first-order valence-electron chi connectivity index (χ1n) is 5.91. The van der Waals surface area contributed by atoms with E-state index in [1.54, 1.807) is 6.20 Å². The quantitative estimate of drug-likeness (QED) is 0.701. The van der Waals surface area contributed by atoms with Gasteiger partial charge in [0.15, 0.2) is 0 Å². The van der Waals surface area contributed by atoms with Crippen LogP contribution in [0.25, 0.3) is 22.9 Å². The molecule has 0 saturated heterocycles. The van der Waals surface area contributed by atoms with Gasteiger partial charge in [0.2, 0.25) is 5.89 Å². The minimum atomic E-state index is 0.439. The zero-order valence-corrected chi connectivity index (χ0v) is 10.7. The SMILES string of the molecule is Cc1ccc(-c2nnc(-c3cncnc3C)o2)cc1. The molecule has 0 amide bonds. The summed E-state index contributed by atoms with van der Waals surface area (Å²) < 4.78 is 5.67. The molecule has 0 unspecified atom stereocenters. The van der Waals surface area contributed by atoms with Crippen molar-refractivity contribution in [1.82, 2.24) is 20.2 Å². The molecule has 0 aliphatic heterocycles. The molecule has 0 bridgehead atoms. The third-order valence-corrected chi connectivity index (χ3v) is 2.87. The van der Waals surface area contributed by atoms with E-state index in [4.69, 9.17) is 4.42 Å². The van der Waals surface area contributed by atoms with Crippen LogP contribution in [-0.4, -0.2) is 20.2 Å². The average Bonchev–Trinajstić information content (AvgIpc) is 2.89. The molecule has 0 fully saturated rings. The highest BCUT2D eigenvalue weighted by molar-refractivity contribution is 5.58. The minimum Gasteiger partial charge on any atom is -0.416 e. The number of rotatable bonds is 2. The summed E-state index contributed by atoms with van der Waals surface area (Å²) in [4.78, 5) is 8.09. The summed E-state index contributed by atoms with van der Waals surface area (Å²) in [5, 5.41) is 8.11. The highest BCUT2D eigenvalue weighted by atomic mass is 16.4. The molecule has 5 nitrogen and oxygen atoms in total. The van der Waals surface area contributed by atoms with E-state index in [0.717, 1.165) is 16.8 Å². The zero-order valence-electron chi connectivity index (χ0n) is 10.7. The Balaban J connectivity index is 2.00. The molecule has 0 N–H and O–H groups in total. The number of hydrogen-bond donors (Lipinski definition) is 0. The number of benzene rings is 1. The van der Waals surface area contributed by atoms with Gasteiger partial charge >= 0.3 is 0 Å². The van der Waals surface area contributed by atoms with Gasteiger partial charge < -0.3 is 4.42 Å². The summed E-state index contributed by atoms with van der Waals surface area (Å²) in [5.74, 6) is 0.937. The highest BCUT2D eigenvalue weighted by Crippen LogP contribution is 2.24. The first-order valence-corrected chi connectivity index (χ1v) is 5.91. The Labute approximate surface area is 110 Å². The van der Waals surface area contributed by atoms with E-state index in [9.17, 15) is 0 Å². The summed E-state index contributed by atoms with van der Waals surface area (Å²) in [5.41, 5.74) is 3.66. The fourth-order valence-electron chi connectivity index (χ4n) is 1.75. The van der Waals surface area contributed by atoms with Crippen LogP contribution in [0, 0.1) is 13.8 Å².